The molecule has 0 atom stereocenters. The Bertz CT molecular complexity index is 281. The molecule has 0 fully saturated rings. The molecule has 0 aliphatic carbocycles. The van der Waals surface area contributed by atoms with Crippen LogP contribution in [0.3, 0.4) is 0 Å². The zero-order valence-corrected chi connectivity index (χ0v) is 10.5. The Kier molecular flexibility index (Phi) is 7.38. The van der Waals surface area contributed by atoms with Crippen LogP contribution in [0.1, 0.15) is 6.42 Å². The fourth-order valence-electron chi connectivity index (χ4n) is 1.04. The van der Waals surface area contributed by atoms with Crippen molar-refractivity contribution in [3.8, 4) is 0 Å². The van der Waals surface area contributed by atoms with Crippen molar-refractivity contribution in [2.24, 2.45) is 0 Å². The molecule has 0 spiro atoms. The Morgan fingerprint density at radius 1 is 1.40 bits per heavy atom. The Balaban J connectivity index is 0.00000196. The minimum Gasteiger partial charge on any atom is -0.370 e. The average molecular weight is 251 g/mol. The Labute approximate surface area is 101 Å². The van der Waals surface area contributed by atoms with Gasteiger partial charge in [0.1, 0.15) is 17.3 Å². The van der Waals surface area contributed by atoms with Gasteiger partial charge in [-0.1, -0.05) is 11.6 Å². The van der Waals surface area contributed by atoms with Crippen molar-refractivity contribution in [3.63, 3.8) is 0 Å². The predicted octanol–water partition coefficient (Wildman–Crippen LogP) is 1.92. The maximum atomic E-state index is 5.71. The van der Waals surface area contributed by atoms with Crippen molar-refractivity contribution in [1.82, 2.24) is 14.9 Å². The third-order valence-corrected chi connectivity index (χ3v) is 1.93. The van der Waals surface area contributed by atoms with Crippen molar-refractivity contribution < 1.29 is 0 Å². The minimum atomic E-state index is 0. The van der Waals surface area contributed by atoms with Crippen LogP contribution >= 0.6 is 24.0 Å². The molecule has 0 unspecified atom stereocenters. The molecule has 0 radical (unpaired) electrons. The highest BCUT2D eigenvalue weighted by Crippen LogP contribution is 2.07. The molecule has 0 aliphatic heterocycles. The van der Waals surface area contributed by atoms with Crippen molar-refractivity contribution in [2.45, 2.75) is 6.42 Å². The summed E-state index contributed by atoms with van der Waals surface area (Å²) in [6.07, 6.45) is 2.53. The molecular formula is C9H16Cl2N4. The highest BCUT2D eigenvalue weighted by molar-refractivity contribution is 6.29. The van der Waals surface area contributed by atoms with Gasteiger partial charge >= 0.3 is 0 Å². The fourth-order valence-corrected chi connectivity index (χ4v) is 1.19. The van der Waals surface area contributed by atoms with Crippen LogP contribution in [0.15, 0.2) is 12.4 Å². The average Bonchev–Trinajstić information content (AvgIpc) is 2.12. The van der Waals surface area contributed by atoms with Gasteiger partial charge in [0.25, 0.3) is 0 Å². The summed E-state index contributed by atoms with van der Waals surface area (Å²) in [5, 5.41) is 3.65. The van der Waals surface area contributed by atoms with Gasteiger partial charge in [0.15, 0.2) is 0 Å². The standard InChI is InChI=1S/C9H15ClN4.ClH/c1-14(2)5-3-4-11-9-6-8(10)12-7-13-9;/h6-7H,3-5H2,1-2H3,(H,11,12,13);1H. The molecule has 4 nitrogen and oxygen atoms in total. The van der Waals surface area contributed by atoms with Gasteiger partial charge < -0.3 is 10.2 Å². The summed E-state index contributed by atoms with van der Waals surface area (Å²) >= 11 is 5.71. The molecule has 86 valence electrons. The van der Waals surface area contributed by atoms with Crippen LogP contribution in [-0.2, 0) is 0 Å². The molecule has 0 amide bonds. The summed E-state index contributed by atoms with van der Waals surface area (Å²) in [5.74, 6) is 0.781. The summed E-state index contributed by atoms with van der Waals surface area (Å²) in [6.45, 7) is 1.96. The Hall–Kier alpha value is -0.580. The van der Waals surface area contributed by atoms with E-state index in [1.54, 1.807) is 6.07 Å². The first kappa shape index (κ1) is 14.4. The minimum absolute atomic E-state index is 0. The lowest BCUT2D eigenvalue weighted by Crippen LogP contribution is -2.16. The summed E-state index contributed by atoms with van der Waals surface area (Å²) in [7, 11) is 4.11. The van der Waals surface area contributed by atoms with Crippen molar-refractivity contribution in [1.29, 1.82) is 0 Å². The van der Waals surface area contributed by atoms with E-state index in [1.807, 2.05) is 0 Å². The van der Waals surface area contributed by atoms with E-state index in [0.717, 1.165) is 25.3 Å². The molecule has 0 aliphatic rings. The van der Waals surface area contributed by atoms with Crippen LogP contribution in [0.5, 0.6) is 0 Å². The zero-order valence-electron chi connectivity index (χ0n) is 8.90. The molecule has 1 heterocycles. The third-order valence-electron chi connectivity index (χ3n) is 1.72. The first-order chi connectivity index (χ1) is 6.68. The number of hydrogen-bond donors (Lipinski definition) is 1. The van der Waals surface area contributed by atoms with Crippen molar-refractivity contribution in [2.75, 3.05) is 32.5 Å². The van der Waals surface area contributed by atoms with E-state index >= 15 is 0 Å². The van der Waals surface area contributed by atoms with E-state index in [0.29, 0.717) is 5.15 Å². The third kappa shape index (κ3) is 6.49. The lowest BCUT2D eigenvalue weighted by atomic mass is 10.4. The summed E-state index contributed by atoms with van der Waals surface area (Å²) < 4.78 is 0. The number of anilines is 1. The highest BCUT2D eigenvalue weighted by Gasteiger charge is 1.95. The highest BCUT2D eigenvalue weighted by atomic mass is 35.5. The molecule has 1 N–H and O–H groups in total. The number of rotatable bonds is 5. The molecule has 6 heteroatoms. The molecule has 0 saturated heterocycles. The number of halogens is 2. The van der Waals surface area contributed by atoms with E-state index in [9.17, 15) is 0 Å². The second-order valence-corrected chi connectivity index (χ2v) is 3.70. The largest absolute Gasteiger partial charge is 0.370 e. The molecule has 15 heavy (non-hydrogen) atoms. The van der Waals surface area contributed by atoms with Gasteiger partial charge in [-0.05, 0) is 27.1 Å². The smallest absolute Gasteiger partial charge is 0.134 e. The van der Waals surface area contributed by atoms with Crippen LogP contribution in [0.4, 0.5) is 5.82 Å². The number of nitrogens with zero attached hydrogens (tertiary/aromatic N) is 3. The van der Waals surface area contributed by atoms with Gasteiger partial charge in [-0.15, -0.1) is 12.4 Å². The van der Waals surface area contributed by atoms with E-state index in [2.05, 4.69) is 34.3 Å². The second kappa shape index (κ2) is 7.68. The Morgan fingerprint density at radius 3 is 2.73 bits per heavy atom. The summed E-state index contributed by atoms with van der Waals surface area (Å²) in [6, 6.07) is 1.72. The van der Waals surface area contributed by atoms with Crippen LogP contribution in [0.25, 0.3) is 0 Å². The van der Waals surface area contributed by atoms with Crippen LogP contribution in [0.2, 0.25) is 5.15 Å². The molecule has 1 aromatic rings. The van der Waals surface area contributed by atoms with Crippen LogP contribution in [-0.4, -0.2) is 42.1 Å². The van der Waals surface area contributed by atoms with Crippen LogP contribution in [0, 0.1) is 0 Å². The zero-order chi connectivity index (χ0) is 10.4. The van der Waals surface area contributed by atoms with Crippen molar-refractivity contribution in [3.05, 3.63) is 17.5 Å². The molecule has 0 bridgehead atoms. The van der Waals surface area contributed by atoms with Gasteiger partial charge in [-0.2, -0.15) is 0 Å². The predicted molar refractivity (Wildman–Crippen MR) is 66.0 cm³/mol. The number of aromatic nitrogens is 2. The maximum absolute atomic E-state index is 5.71. The maximum Gasteiger partial charge on any atom is 0.134 e. The van der Waals surface area contributed by atoms with Crippen LogP contribution < -0.4 is 5.32 Å². The SMILES string of the molecule is CN(C)CCCNc1cc(Cl)ncn1.Cl. The second-order valence-electron chi connectivity index (χ2n) is 3.31. The molecule has 1 rings (SSSR count). The van der Waals surface area contributed by atoms with Gasteiger partial charge in [0, 0.05) is 12.6 Å². The first-order valence-corrected chi connectivity index (χ1v) is 4.92. The Morgan fingerprint density at radius 2 is 2.13 bits per heavy atom. The number of hydrogen-bond acceptors (Lipinski definition) is 4. The first-order valence-electron chi connectivity index (χ1n) is 4.54. The van der Waals surface area contributed by atoms with Crippen molar-refractivity contribution >= 4 is 29.8 Å². The summed E-state index contributed by atoms with van der Waals surface area (Å²) in [4.78, 5) is 9.99. The molecule has 1 aromatic heterocycles. The van der Waals surface area contributed by atoms with Gasteiger partial charge in [0.2, 0.25) is 0 Å². The lowest BCUT2D eigenvalue weighted by molar-refractivity contribution is 0.405. The van der Waals surface area contributed by atoms with E-state index < -0.39 is 0 Å². The molecule has 0 saturated carbocycles. The van der Waals surface area contributed by atoms with E-state index in [1.165, 1.54) is 6.33 Å². The van der Waals surface area contributed by atoms with E-state index in [4.69, 9.17) is 11.6 Å². The lowest BCUT2D eigenvalue weighted by Gasteiger charge is -2.09. The summed E-state index contributed by atoms with van der Waals surface area (Å²) in [5.41, 5.74) is 0. The van der Waals surface area contributed by atoms with Gasteiger partial charge in [0.05, 0.1) is 0 Å². The fraction of sp³-hybridized carbons (Fsp3) is 0.556. The topological polar surface area (TPSA) is 41.0 Å². The van der Waals surface area contributed by atoms with Gasteiger partial charge in [-0.25, -0.2) is 9.97 Å². The normalized spacial score (nSPS) is 9.87. The monoisotopic (exact) mass is 250 g/mol. The number of nitrogens with one attached hydrogen (secondary N) is 1. The van der Waals surface area contributed by atoms with E-state index in [-0.39, 0.29) is 12.4 Å². The molecular weight excluding hydrogens is 235 g/mol. The quantitative estimate of drug-likeness (QED) is 0.641. The van der Waals surface area contributed by atoms with Gasteiger partial charge in [-0.3, -0.25) is 0 Å². The molecule has 0 aromatic carbocycles.